The summed E-state index contributed by atoms with van der Waals surface area (Å²) in [4.78, 5) is 24.9. The number of carbonyl (C=O) groups excluding carboxylic acids is 1. The lowest BCUT2D eigenvalue weighted by atomic mass is 10.0. The van der Waals surface area contributed by atoms with Crippen LogP contribution in [0.5, 0.6) is 0 Å². The monoisotopic (exact) mass is 485 g/mol. The number of nitrogens with one attached hydrogen (secondary N) is 3. The minimum absolute atomic E-state index is 0.0266. The highest BCUT2D eigenvalue weighted by Crippen LogP contribution is 2.56. The van der Waals surface area contributed by atoms with Crippen molar-refractivity contribution in [3.8, 4) is 11.5 Å². The van der Waals surface area contributed by atoms with E-state index in [0.717, 1.165) is 38.1 Å². The molecule has 5 atom stereocenters. The summed E-state index contributed by atoms with van der Waals surface area (Å²) >= 11 is 0. The number of nitrogens with zero attached hydrogens (tertiary/aromatic N) is 4. The normalized spacial score (nSPS) is 25.9. The van der Waals surface area contributed by atoms with Gasteiger partial charge in [0, 0.05) is 17.9 Å². The van der Waals surface area contributed by atoms with Crippen LogP contribution in [-0.4, -0.2) is 53.8 Å². The van der Waals surface area contributed by atoms with Crippen molar-refractivity contribution in [1.29, 1.82) is 0 Å². The van der Waals surface area contributed by atoms with Gasteiger partial charge in [0.05, 0.1) is 29.4 Å². The SMILES string of the molecule is CCCCCC(C)C(=O)N[C@H]1C[C@@H](Nc2nc(-c3[nH]nc4ncc(F)cc34)ncc2F)C2C[C@]21O. The van der Waals surface area contributed by atoms with Crippen LogP contribution in [0.4, 0.5) is 14.6 Å². The van der Waals surface area contributed by atoms with E-state index in [2.05, 4.69) is 42.7 Å². The fourth-order valence-corrected chi connectivity index (χ4v) is 5.11. The van der Waals surface area contributed by atoms with Gasteiger partial charge >= 0.3 is 0 Å². The molecular weight excluding hydrogens is 456 g/mol. The minimum Gasteiger partial charge on any atom is -0.387 e. The Hall–Kier alpha value is -3.21. The third-order valence-corrected chi connectivity index (χ3v) is 7.28. The summed E-state index contributed by atoms with van der Waals surface area (Å²) < 4.78 is 28.3. The molecule has 0 aliphatic heterocycles. The van der Waals surface area contributed by atoms with Crippen molar-refractivity contribution < 1.29 is 18.7 Å². The summed E-state index contributed by atoms with van der Waals surface area (Å²) in [5.74, 6) is -1.38. The summed E-state index contributed by atoms with van der Waals surface area (Å²) in [7, 11) is 0. The number of carbonyl (C=O) groups is 1. The van der Waals surface area contributed by atoms with Gasteiger partial charge in [-0.05, 0) is 25.3 Å². The van der Waals surface area contributed by atoms with Crippen LogP contribution < -0.4 is 10.6 Å². The lowest BCUT2D eigenvalue weighted by Crippen LogP contribution is -2.45. The molecule has 2 unspecified atom stereocenters. The Kier molecular flexibility index (Phi) is 6.12. The van der Waals surface area contributed by atoms with Crippen molar-refractivity contribution in [2.45, 2.75) is 70.1 Å². The van der Waals surface area contributed by atoms with Crippen LogP contribution in [0.3, 0.4) is 0 Å². The third kappa shape index (κ3) is 4.44. The van der Waals surface area contributed by atoms with Crippen LogP contribution in [-0.2, 0) is 4.79 Å². The molecule has 2 saturated carbocycles. The average Bonchev–Trinajstić information content (AvgIpc) is 3.25. The predicted octanol–water partition coefficient (Wildman–Crippen LogP) is 3.33. The number of fused-ring (bicyclic) bond motifs is 2. The fourth-order valence-electron chi connectivity index (χ4n) is 5.11. The van der Waals surface area contributed by atoms with Gasteiger partial charge in [0.2, 0.25) is 5.91 Å². The summed E-state index contributed by atoms with van der Waals surface area (Å²) in [6, 6.07) is 0.593. The highest BCUT2D eigenvalue weighted by Gasteiger charge is 2.67. The molecule has 3 aromatic heterocycles. The van der Waals surface area contributed by atoms with Gasteiger partial charge in [0.15, 0.2) is 23.1 Å². The zero-order valence-electron chi connectivity index (χ0n) is 19.7. The van der Waals surface area contributed by atoms with Gasteiger partial charge in [0.1, 0.15) is 11.5 Å². The number of hydrogen-bond donors (Lipinski definition) is 4. The van der Waals surface area contributed by atoms with E-state index in [4.69, 9.17) is 0 Å². The molecule has 1 amide bonds. The number of pyridine rings is 1. The predicted molar refractivity (Wildman–Crippen MR) is 125 cm³/mol. The number of hydrogen-bond acceptors (Lipinski definition) is 7. The maximum atomic E-state index is 14.6. The second-order valence-electron chi connectivity index (χ2n) is 9.76. The van der Waals surface area contributed by atoms with Gasteiger partial charge < -0.3 is 15.7 Å². The number of H-pyrrole nitrogens is 1. The van der Waals surface area contributed by atoms with Gasteiger partial charge in [-0.25, -0.2) is 23.7 Å². The molecule has 0 radical (unpaired) electrons. The first-order chi connectivity index (χ1) is 16.8. The van der Waals surface area contributed by atoms with Crippen molar-refractivity contribution >= 4 is 22.8 Å². The van der Waals surface area contributed by atoms with E-state index in [1.807, 2.05) is 6.92 Å². The molecule has 3 heterocycles. The highest BCUT2D eigenvalue weighted by atomic mass is 19.1. The molecule has 3 aromatic rings. The van der Waals surface area contributed by atoms with Crippen LogP contribution in [0, 0.1) is 23.5 Å². The number of aromatic amines is 1. The number of amides is 1. The van der Waals surface area contributed by atoms with Gasteiger partial charge in [-0.1, -0.05) is 33.1 Å². The highest BCUT2D eigenvalue weighted by molar-refractivity contribution is 5.88. The van der Waals surface area contributed by atoms with Crippen LogP contribution in [0.25, 0.3) is 22.6 Å². The summed E-state index contributed by atoms with van der Waals surface area (Å²) in [5, 5.41) is 24.3. The van der Waals surface area contributed by atoms with Crippen LogP contribution in [0.2, 0.25) is 0 Å². The number of anilines is 1. The molecule has 0 saturated heterocycles. The Morgan fingerprint density at radius 3 is 2.94 bits per heavy atom. The first kappa shape index (κ1) is 23.5. The molecule has 2 fully saturated rings. The molecule has 186 valence electrons. The first-order valence-electron chi connectivity index (χ1n) is 12.1. The minimum atomic E-state index is -0.994. The Balaban J connectivity index is 1.29. The third-order valence-electron chi connectivity index (χ3n) is 7.28. The number of aromatic nitrogens is 5. The smallest absolute Gasteiger partial charge is 0.223 e. The molecule has 11 heteroatoms. The van der Waals surface area contributed by atoms with Crippen LogP contribution in [0.1, 0.15) is 52.4 Å². The lowest BCUT2D eigenvalue weighted by Gasteiger charge is -2.23. The Labute approximate surface area is 201 Å². The van der Waals surface area contributed by atoms with Gasteiger partial charge in [0.25, 0.3) is 0 Å². The second-order valence-corrected chi connectivity index (χ2v) is 9.76. The molecule has 0 aromatic carbocycles. The lowest BCUT2D eigenvalue weighted by molar-refractivity contribution is -0.126. The summed E-state index contributed by atoms with van der Waals surface area (Å²) in [5.41, 5.74) is -0.372. The molecule has 35 heavy (non-hydrogen) atoms. The van der Waals surface area contributed by atoms with Gasteiger partial charge in [-0.15, -0.1) is 0 Å². The molecule has 2 aliphatic rings. The van der Waals surface area contributed by atoms with E-state index in [1.54, 1.807) is 0 Å². The number of aliphatic hydroxyl groups is 1. The zero-order chi connectivity index (χ0) is 24.7. The van der Waals surface area contributed by atoms with Crippen molar-refractivity contribution in [3.05, 3.63) is 30.1 Å². The molecule has 5 rings (SSSR count). The van der Waals surface area contributed by atoms with Crippen molar-refractivity contribution in [3.63, 3.8) is 0 Å². The summed E-state index contributed by atoms with van der Waals surface area (Å²) in [6.07, 6.45) is 7.07. The van der Waals surface area contributed by atoms with E-state index in [0.29, 0.717) is 29.6 Å². The standard InChI is InChI=1S/C24H29F2N7O2/c1-3-4-5-6-12(2)23(34)30-18-8-17(15-9-24(15,18)35)29-21-16(26)11-28-22(31-21)19-14-7-13(25)10-27-20(14)33-32-19/h7,10-12,15,17-18,35H,3-6,8-9H2,1-2H3,(H,30,34)(H,27,32,33)(H,28,29,31)/t12?,15?,17-,18+,24+/m1/s1. The molecule has 2 aliphatic carbocycles. The maximum Gasteiger partial charge on any atom is 0.223 e. The Bertz CT molecular complexity index is 1250. The average molecular weight is 486 g/mol. The number of unbranched alkanes of at least 4 members (excludes halogenated alkanes) is 2. The van der Waals surface area contributed by atoms with E-state index in [1.165, 1.54) is 6.07 Å². The molecule has 4 N–H and O–H groups in total. The Morgan fingerprint density at radius 1 is 1.31 bits per heavy atom. The quantitative estimate of drug-likeness (QED) is 0.342. The van der Waals surface area contributed by atoms with Crippen LogP contribution >= 0.6 is 0 Å². The van der Waals surface area contributed by atoms with Crippen molar-refractivity contribution in [2.24, 2.45) is 11.8 Å². The van der Waals surface area contributed by atoms with Crippen molar-refractivity contribution in [1.82, 2.24) is 30.5 Å². The number of rotatable bonds is 9. The second kappa shape index (κ2) is 9.10. The Morgan fingerprint density at radius 2 is 2.14 bits per heavy atom. The number of halogens is 2. The van der Waals surface area contributed by atoms with Crippen LogP contribution in [0.15, 0.2) is 18.5 Å². The molecule has 0 spiro atoms. The maximum absolute atomic E-state index is 14.6. The van der Waals surface area contributed by atoms with E-state index >= 15 is 0 Å². The van der Waals surface area contributed by atoms with E-state index < -0.39 is 23.3 Å². The van der Waals surface area contributed by atoms with Gasteiger partial charge in [-0.2, -0.15) is 5.10 Å². The molecule has 9 nitrogen and oxygen atoms in total. The topological polar surface area (TPSA) is 129 Å². The molecular formula is C24H29F2N7O2. The first-order valence-corrected chi connectivity index (χ1v) is 12.1. The van der Waals surface area contributed by atoms with E-state index in [-0.39, 0.29) is 35.4 Å². The van der Waals surface area contributed by atoms with E-state index in [9.17, 15) is 18.7 Å². The van der Waals surface area contributed by atoms with Gasteiger partial charge in [-0.3, -0.25) is 9.89 Å². The fraction of sp³-hybridized carbons (Fsp3) is 0.542. The van der Waals surface area contributed by atoms with Crippen molar-refractivity contribution in [2.75, 3.05) is 5.32 Å². The summed E-state index contributed by atoms with van der Waals surface area (Å²) in [6.45, 7) is 4.03. The zero-order valence-corrected chi connectivity index (χ0v) is 19.7. The molecule has 0 bridgehead atoms. The largest absolute Gasteiger partial charge is 0.387 e.